The third kappa shape index (κ3) is 4.33. The van der Waals surface area contributed by atoms with Crippen LogP contribution in [0.25, 0.3) is 0 Å². The molecule has 1 aromatic rings. The van der Waals surface area contributed by atoms with Crippen molar-refractivity contribution in [1.82, 2.24) is 4.90 Å². The third-order valence-corrected chi connectivity index (χ3v) is 3.75. The SMILES string of the molecule is OC(COCC1COc2ccccc2O1)CN1CCOCC1. The molecule has 0 bridgehead atoms. The van der Waals surface area contributed by atoms with Crippen molar-refractivity contribution >= 4 is 0 Å². The maximum atomic E-state index is 10.0. The van der Waals surface area contributed by atoms with Gasteiger partial charge in [0.05, 0.1) is 32.5 Å². The van der Waals surface area contributed by atoms with Crippen LogP contribution in [-0.2, 0) is 9.47 Å². The van der Waals surface area contributed by atoms with E-state index in [1.807, 2.05) is 24.3 Å². The Morgan fingerprint density at radius 1 is 1.23 bits per heavy atom. The fraction of sp³-hybridized carbons (Fsp3) is 0.625. The number of ether oxygens (including phenoxy) is 4. The first-order valence-electron chi connectivity index (χ1n) is 7.75. The van der Waals surface area contributed by atoms with Crippen LogP contribution in [-0.4, -0.2) is 74.9 Å². The molecule has 22 heavy (non-hydrogen) atoms. The number of nitrogens with zero attached hydrogens (tertiary/aromatic N) is 1. The zero-order valence-electron chi connectivity index (χ0n) is 12.6. The van der Waals surface area contributed by atoms with Crippen LogP contribution in [0.4, 0.5) is 0 Å². The second-order valence-electron chi connectivity index (χ2n) is 5.60. The quantitative estimate of drug-likeness (QED) is 0.827. The van der Waals surface area contributed by atoms with E-state index in [0.717, 1.165) is 37.8 Å². The number of morpholine rings is 1. The molecule has 0 aliphatic carbocycles. The van der Waals surface area contributed by atoms with Crippen molar-refractivity contribution in [3.8, 4) is 11.5 Å². The predicted octanol–water partition coefficient (Wildman–Crippen LogP) is 0.536. The first-order chi connectivity index (χ1) is 10.8. The highest BCUT2D eigenvalue weighted by Crippen LogP contribution is 2.30. The topological polar surface area (TPSA) is 60.4 Å². The Morgan fingerprint density at radius 3 is 2.82 bits per heavy atom. The zero-order chi connectivity index (χ0) is 15.2. The fourth-order valence-corrected chi connectivity index (χ4v) is 2.62. The average molecular weight is 309 g/mol. The first kappa shape index (κ1) is 15.6. The van der Waals surface area contributed by atoms with Gasteiger partial charge in [-0.1, -0.05) is 12.1 Å². The molecule has 0 radical (unpaired) electrons. The third-order valence-electron chi connectivity index (χ3n) is 3.75. The number of aliphatic hydroxyl groups excluding tert-OH is 1. The van der Waals surface area contributed by atoms with Crippen molar-refractivity contribution in [2.24, 2.45) is 0 Å². The lowest BCUT2D eigenvalue weighted by atomic mass is 10.2. The van der Waals surface area contributed by atoms with Crippen LogP contribution in [0.3, 0.4) is 0 Å². The summed E-state index contributed by atoms with van der Waals surface area (Å²) in [5, 5.41) is 10.0. The summed E-state index contributed by atoms with van der Waals surface area (Å²) in [5.41, 5.74) is 0. The smallest absolute Gasteiger partial charge is 0.161 e. The number of rotatable bonds is 6. The number of hydrogen-bond donors (Lipinski definition) is 1. The van der Waals surface area contributed by atoms with Gasteiger partial charge in [-0.25, -0.2) is 0 Å². The van der Waals surface area contributed by atoms with Crippen molar-refractivity contribution in [3.05, 3.63) is 24.3 Å². The van der Waals surface area contributed by atoms with Crippen molar-refractivity contribution in [2.75, 3.05) is 52.7 Å². The highest BCUT2D eigenvalue weighted by atomic mass is 16.6. The summed E-state index contributed by atoms with van der Waals surface area (Å²) in [6, 6.07) is 7.60. The van der Waals surface area contributed by atoms with E-state index >= 15 is 0 Å². The molecule has 122 valence electrons. The minimum Gasteiger partial charge on any atom is -0.486 e. The molecule has 2 atom stereocenters. The molecule has 1 N–H and O–H groups in total. The minimum absolute atomic E-state index is 0.134. The van der Waals surface area contributed by atoms with Crippen LogP contribution in [0.15, 0.2) is 24.3 Å². The van der Waals surface area contributed by atoms with Gasteiger partial charge in [0, 0.05) is 19.6 Å². The molecule has 3 rings (SSSR count). The number of hydrogen-bond acceptors (Lipinski definition) is 6. The molecule has 0 saturated carbocycles. The Labute approximate surface area is 130 Å². The van der Waals surface area contributed by atoms with Gasteiger partial charge < -0.3 is 24.1 Å². The van der Waals surface area contributed by atoms with Crippen LogP contribution in [0.2, 0.25) is 0 Å². The molecule has 6 nitrogen and oxygen atoms in total. The molecule has 0 aromatic heterocycles. The van der Waals surface area contributed by atoms with Crippen molar-refractivity contribution in [2.45, 2.75) is 12.2 Å². The first-order valence-corrected chi connectivity index (χ1v) is 7.75. The summed E-state index contributed by atoms with van der Waals surface area (Å²) >= 11 is 0. The summed E-state index contributed by atoms with van der Waals surface area (Å²) < 4.78 is 22.3. The van der Waals surface area contributed by atoms with Gasteiger partial charge >= 0.3 is 0 Å². The lowest BCUT2D eigenvalue weighted by molar-refractivity contribution is -0.0391. The largest absolute Gasteiger partial charge is 0.486 e. The standard InChI is InChI=1S/C16H23NO5/c18-13(9-17-5-7-19-8-6-17)10-20-11-14-12-21-15-3-1-2-4-16(15)22-14/h1-4,13-14,18H,5-12H2. The lowest BCUT2D eigenvalue weighted by Crippen LogP contribution is -2.42. The summed E-state index contributed by atoms with van der Waals surface area (Å²) in [4.78, 5) is 2.19. The van der Waals surface area contributed by atoms with Gasteiger partial charge in [-0.2, -0.15) is 0 Å². The maximum Gasteiger partial charge on any atom is 0.161 e. The summed E-state index contributed by atoms with van der Waals surface area (Å²) in [7, 11) is 0. The van der Waals surface area contributed by atoms with Crippen molar-refractivity contribution in [3.63, 3.8) is 0 Å². The lowest BCUT2D eigenvalue weighted by Gasteiger charge is -2.29. The monoisotopic (exact) mass is 309 g/mol. The Morgan fingerprint density at radius 2 is 2.00 bits per heavy atom. The second kappa shape index (κ2) is 7.78. The molecule has 2 aliphatic rings. The molecule has 2 unspecified atom stereocenters. The van der Waals surface area contributed by atoms with Crippen LogP contribution < -0.4 is 9.47 Å². The Hall–Kier alpha value is -1.34. The number of aliphatic hydroxyl groups is 1. The summed E-state index contributed by atoms with van der Waals surface area (Å²) in [6.07, 6.45) is -0.625. The average Bonchev–Trinajstić information content (AvgIpc) is 2.55. The maximum absolute atomic E-state index is 10.0. The van der Waals surface area contributed by atoms with Gasteiger partial charge in [-0.15, -0.1) is 0 Å². The summed E-state index contributed by atoms with van der Waals surface area (Å²) in [5.74, 6) is 1.52. The Bertz CT molecular complexity index is 464. The van der Waals surface area contributed by atoms with Crippen LogP contribution >= 0.6 is 0 Å². The van der Waals surface area contributed by atoms with E-state index in [2.05, 4.69) is 4.90 Å². The van der Waals surface area contributed by atoms with E-state index in [1.54, 1.807) is 0 Å². The van der Waals surface area contributed by atoms with E-state index < -0.39 is 6.10 Å². The highest BCUT2D eigenvalue weighted by Gasteiger charge is 2.21. The van der Waals surface area contributed by atoms with E-state index in [9.17, 15) is 5.11 Å². The number of benzene rings is 1. The van der Waals surface area contributed by atoms with Gasteiger partial charge in [0.15, 0.2) is 17.6 Å². The molecule has 0 spiro atoms. The predicted molar refractivity (Wildman–Crippen MR) is 80.4 cm³/mol. The molecular weight excluding hydrogens is 286 g/mol. The second-order valence-corrected chi connectivity index (χ2v) is 5.60. The van der Waals surface area contributed by atoms with E-state index in [4.69, 9.17) is 18.9 Å². The Balaban J connectivity index is 1.35. The number of fused-ring (bicyclic) bond motifs is 1. The van der Waals surface area contributed by atoms with Crippen LogP contribution in [0.1, 0.15) is 0 Å². The van der Waals surface area contributed by atoms with Gasteiger partial charge in [-0.05, 0) is 12.1 Å². The van der Waals surface area contributed by atoms with Crippen LogP contribution in [0.5, 0.6) is 11.5 Å². The van der Waals surface area contributed by atoms with E-state index in [1.165, 1.54) is 0 Å². The van der Waals surface area contributed by atoms with E-state index in [-0.39, 0.29) is 6.10 Å². The molecule has 1 fully saturated rings. The molecule has 2 aliphatic heterocycles. The normalized spacial score (nSPS) is 23.2. The fourth-order valence-electron chi connectivity index (χ4n) is 2.62. The van der Waals surface area contributed by atoms with Crippen molar-refractivity contribution < 1.29 is 24.1 Å². The molecule has 6 heteroatoms. The molecule has 1 aromatic carbocycles. The van der Waals surface area contributed by atoms with Gasteiger partial charge in [-0.3, -0.25) is 4.90 Å². The van der Waals surface area contributed by atoms with Gasteiger partial charge in [0.25, 0.3) is 0 Å². The highest BCUT2D eigenvalue weighted by molar-refractivity contribution is 5.40. The Kier molecular flexibility index (Phi) is 5.50. The van der Waals surface area contributed by atoms with Crippen LogP contribution in [0, 0.1) is 0 Å². The van der Waals surface area contributed by atoms with E-state index in [0.29, 0.717) is 26.4 Å². The van der Waals surface area contributed by atoms with Gasteiger partial charge in [0.1, 0.15) is 6.61 Å². The summed E-state index contributed by atoms with van der Waals surface area (Å²) in [6.45, 7) is 5.01. The van der Waals surface area contributed by atoms with Crippen molar-refractivity contribution in [1.29, 1.82) is 0 Å². The molecule has 0 amide bonds. The number of β-amino-alcohol motifs (C(OH)–C–C–N with tert-alkyl or cyclic N) is 1. The molecule has 1 saturated heterocycles. The molecular formula is C16H23NO5. The zero-order valence-corrected chi connectivity index (χ0v) is 12.6. The molecule has 2 heterocycles. The minimum atomic E-state index is -0.491. The number of para-hydroxylation sites is 2. The van der Waals surface area contributed by atoms with Gasteiger partial charge in [0.2, 0.25) is 0 Å².